The number of nitrogens with zero attached hydrogens (tertiary/aromatic N) is 2. The summed E-state index contributed by atoms with van der Waals surface area (Å²) >= 11 is 0. The van der Waals surface area contributed by atoms with Crippen molar-refractivity contribution in [1.82, 2.24) is 20.4 Å². The van der Waals surface area contributed by atoms with E-state index in [1.54, 1.807) is 0 Å². The van der Waals surface area contributed by atoms with Gasteiger partial charge in [-0.25, -0.2) is 4.79 Å². The Morgan fingerprint density at radius 1 is 1.24 bits per heavy atom. The van der Waals surface area contributed by atoms with E-state index in [9.17, 15) is 4.79 Å². The third kappa shape index (κ3) is 4.75. The number of ether oxygens (including phenoxy) is 1. The van der Waals surface area contributed by atoms with Crippen LogP contribution in [-0.4, -0.2) is 22.4 Å². The highest BCUT2D eigenvalue weighted by Gasteiger charge is 2.13. The second kappa shape index (κ2) is 8.55. The molecule has 0 spiro atoms. The molecule has 6 heteroatoms. The van der Waals surface area contributed by atoms with Gasteiger partial charge in [-0.3, -0.25) is 4.68 Å². The van der Waals surface area contributed by atoms with Crippen molar-refractivity contribution in [2.45, 2.75) is 53.8 Å². The maximum Gasteiger partial charge on any atom is 0.315 e. The lowest BCUT2D eigenvalue weighted by Crippen LogP contribution is -2.36. The predicted octanol–water partition coefficient (Wildman–Crippen LogP) is 3.48. The maximum atomic E-state index is 12.2. The molecule has 0 bridgehead atoms. The van der Waals surface area contributed by atoms with E-state index in [0.717, 1.165) is 34.8 Å². The number of nitrogens with one attached hydrogen (secondary N) is 2. The van der Waals surface area contributed by atoms with E-state index in [1.165, 1.54) is 0 Å². The molecule has 1 heterocycles. The average molecular weight is 344 g/mol. The summed E-state index contributed by atoms with van der Waals surface area (Å²) < 4.78 is 7.39. The Hall–Kier alpha value is -2.50. The summed E-state index contributed by atoms with van der Waals surface area (Å²) in [5, 5.41) is 10.4. The number of hydrogen-bond acceptors (Lipinski definition) is 3. The van der Waals surface area contributed by atoms with E-state index < -0.39 is 0 Å². The first-order valence-electron chi connectivity index (χ1n) is 8.76. The van der Waals surface area contributed by atoms with Crippen molar-refractivity contribution >= 4 is 6.03 Å². The Morgan fingerprint density at radius 3 is 2.48 bits per heavy atom. The smallest absolute Gasteiger partial charge is 0.315 e. The lowest BCUT2D eigenvalue weighted by molar-refractivity contribution is 0.237. The third-order valence-electron chi connectivity index (χ3n) is 4.30. The van der Waals surface area contributed by atoms with Crippen LogP contribution in [0.4, 0.5) is 4.79 Å². The molecule has 0 saturated carbocycles. The van der Waals surface area contributed by atoms with Gasteiger partial charge in [0.25, 0.3) is 0 Å². The van der Waals surface area contributed by atoms with Crippen LogP contribution < -0.4 is 15.4 Å². The van der Waals surface area contributed by atoms with Gasteiger partial charge in [-0.2, -0.15) is 5.10 Å². The molecule has 2 aromatic rings. The highest BCUT2D eigenvalue weighted by molar-refractivity contribution is 5.74. The van der Waals surface area contributed by atoms with Crippen molar-refractivity contribution in [3.05, 3.63) is 46.8 Å². The fourth-order valence-corrected chi connectivity index (χ4v) is 2.82. The minimum Gasteiger partial charge on any atom is -0.494 e. The van der Waals surface area contributed by atoms with Gasteiger partial charge in [0.2, 0.25) is 0 Å². The van der Waals surface area contributed by atoms with E-state index in [4.69, 9.17) is 4.74 Å². The predicted molar refractivity (Wildman–Crippen MR) is 98.8 cm³/mol. The second-order valence-corrected chi connectivity index (χ2v) is 6.02. The van der Waals surface area contributed by atoms with E-state index >= 15 is 0 Å². The standard InChI is InChI=1S/C19H28N4O2/c1-6-23-15(5)18(14(4)22-23)12-20-19(24)21-13(3)16-8-10-17(11-9-16)25-7-2/h8-11,13H,6-7,12H2,1-5H3,(H2,20,21,24)/t13-/m0/s1. The summed E-state index contributed by atoms with van der Waals surface area (Å²) in [6, 6.07) is 7.49. The van der Waals surface area contributed by atoms with Crippen molar-refractivity contribution in [3.8, 4) is 5.75 Å². The molecule has 25 heavy (non-hydrogen) atoms. The number of rotatable bonds is 7. The number of aryl methyl sites for hydroxylation is 2. The van der Waals surface area contributed by atoms with Crippen LogP contribution in [0.3, 0.4) is 0 Å². The van der Waals surface area contributed by atoms with Crippen LogP contribution in [0, 0.1) is 13.8 Å². The lowest BCUT2D eigenvalue weighted by atomic mass is 10.1. The van der Waals surface area contributed by atoms with Gasteiger partial charge in [0, 0.05) is 24.3 Å². The number of carbonyl (C=O) groups is 1. The first kappa shape index (κ1) is 18.8. The van der Waals surface area contributed by atoms with Crippen LogP contribution in [0.1, 0.15) is 49.3 Å². The van der Waals surface area contributed by atoms with Gasteiger partial charge >= 0.3 is 6.03 Å². The molecule has 0 fully saturated rings. The molecule has 136 valence electrons. The molecular weight excluding hydrogens is 316 g/mol. The van der Waals surface area contributed by atoms with Crippen LogP contribution in [0.25, 0.3) is 0 Å². The van der Waals surface area contributed by atoms with E-state index in [-0.39, 0.29) is 12.1 Å². The first-order chi connectivity index (χ1) is 12.0. The molecular formula is C19H28N4O2. The molecule has 0 unspecified atom stereocenters. The molecule has 0 radical (unpaired) electrons. The molecule has 0 aliphatic rings. The van der Waals surface area contributed by atoms with Crippen LogP contribution >= 0.6 is 0 Å². The molecule has 0 saturated heterocycles. The Labute approximate surface area is 149 Å². The summed E-state index contributed by atoms with van der Waals surface area (Å²) in [5.74, 6) is 0.835. The fraction of sp³-hybridized carbons (Fsp3) is 0.474. The molecule has 1 aromatic carbocycles. The second-order valence-electron chi connectivity index (χ2n) is 6.02. The van der Waals surface area contributed by atoms with Crippen LogP contribution in [0.2, 0.25) is 0 Å². The summed E-state index contributed by atoms with van der Waals surface area (Å²) in [6.07, 6.45) is 0. The van der Waals surface area contributed by atoms with Crippen molar-refractivity contribution in [1.29, 1.82) is 0 Å². The zero-order valence-corrected chi connectivity index (χ0v) is 15.7. The quantitative estimate of drug-likeness (QED) is 0.808. The molecule has 1 aromatic heterocycles. The molecule has 2 amide bonds. The van der Waals surface area contributed by atoms with Crippen LogP contribution in [0.5, 0.6) is 5.75 Å². The van der Waals surface area contributed by atoms with Crippen LogP contribution in [0.15, 0.2) is 24.3 Å². The summed E-state index contributed by atoms with van der Waals surface area (Å²) in [6.45, 7) is 11.9. The van der Waals surface area contributed by atoms with Gasteiger partial charge in [-0.1, -0.05) is 12.1 Å². The van der Waals surface area contributed by atoms with E-state index in [2.05, 4.69) is 22.7 Å². The Bertz CT molecular complexity index is 707. The number of hydrogen-bond donors (Lipinski definition) is 2. The van der Waals surface area contributed by atoms with Gasteiger partial charge in [-0.05, 0) is 52.3 Å². The van der Waals surface area contributed by atoms with Gasteiger partial charge in [0.1, 0.15) is 5.75 Å². The zero-order valence-electron chi connectivity index (χ0n) is 15.7. The monoisotopic (exact) mass is 344 g/mol. The molecule has 1 atom stereocenters. The van der Waals surface area contributed by atoms with E-state index in [0.29, 0.717) is 13.2 Å². The normalized spacial score (nSPS) is 11.9. The van der Waals surface area contributed by atoms with Crippen molar-refractivity contribution < 1.29 is 9.53 Å². The number of amides is 2. The highest BCUT2D eigenvalue weighted by Crippen LogP contribution is 2.17. The van der Waals surface area contributed by atoms with Gasteiger partial charge < -0.3 is 15.4 Å². The Morgan fingerprint density at radius 2 is 1.92 bits per heavy atom. The highest BCUT2D eigenvalue weighted by atomic mass is 16.5. The van der Waals surface area contributed by atoms with Gasteiger partial charge in [-0.15, -0.1) is 0 Å². The van der Waals surface area contributed by atoms with Gasteiger partial charge in [0.05, 0.1) is 18.3 Å². The molecule has 2 N–H and O–H groups in total. The topological polar surface area (TPSA) is 68.2 Å². The molecule has 2 rings (SSSR count). The van der Waals surface area contributed by atoms with Gasteiger partial charge in [0.15, 0.2) is 0 Å². The Balaban J connectivity index is 1.90. The summed E-state index contributed by atoms with van der Waals surface area (Å²) in [7, 11) is 0. The largest absolute Gasteiger partial charge is 0.494 e. The average Bonchev–Trinajstić information content (AvgIpc) is 2.87. The maximum absolute atomic E-state index is 12.2. The zero-order chi connectivity index (χ0) is 18.4. The molecule has 0 aliphatic heterocycles. The summed E-state index contributed by atoms with van der Waals surface area (Å²) in [5.41, 5.74) is 4.16. The number of aromatic nitrogens is 2. The third-order valence-corrected chi connectivity index (χ3v) is 4.30. The van der Waals surface area contributed by atoms with Crippen molar-refractivity contribution in [2.24, 2.45) is 0 Å². The van der Waals surface area contributed by atoms with Crippen LogP contribution in [-0.2, 0) is 13.1 Å². The molecule has 6 nitrogen and oxygen atoms in total. The Kier molecular flexibility index (Phi) is 6.44. The SMILES string of the molecule is CCOc1ccc([C@H](C)NC(=O)NCc2c(C)nn(CC)c2C)cc1. The number of benzene rings is 1. The van der Waals surface area contributed by atoms with Crippen molar-refractivity contribution in [2.75, 3.05) is 6.61 Å². The lowest BCUT2D eigenvalue weighted by Gasteiger charge is -2.16. The van der Waals surface area contributed by atoms with E-state index in [1.807, 2.05) is 56.6 Å². The van der Waals surface area contributed by atoms with Crippen molar-refractivity contribution in [3.63, 3.8) is 0 Å². The molecule has 0 aliphatic carbocycles. The minimum atomic E-state index is -0.190. The summed E-state index contributed by atoms with van der Waals surface area (Å²) in [4.78, 5) is 12.2. The minimum absolute atomic E-state index is 0.0868. The number of urea groups is 1. The number of carbonyl (C=O) groups excluding carboxylic acids is 1. The first-order valence-corrected chi connectivity index (χ1v) is 8.76. The fourth-order valence-electron chi connectivity index (χ4n) is 2.82.